The predicted molar refractivity (Wildman–Crippen MR) is 105 cm³/mol. The molecular weight excluding hydrogens is 340 g/mol. The molecule has 27 heavy (non-hydrogen) atoms. The van der Waals surface area contributed by atoms with E-state index < -0.39 is 0 Å². The van der Waals surface area contributed by atoms with Gasteiger partial charge in [0.05, 0.1) is 0 Å². The van der Waals surface area contributed by atoms with E-state index in [2.05, 4.69) is 10.3 Å². The summed E-state index contributed by atoms with van der Waals surface area (Å²) in [5.41, 5.74) is 2.64. The van der Waals surface area contributed by atoms with Crippen LogP contribution in [0.4, 0.5) is 0 Å². The zero-order chi connectivity index (χ0) is 19.1. The van der Waals surface area contributed by atoms with Crippen molar-refractivity contribution < 1.29 is 9.53 Å². The van der Waals surface area contributed by atoms with Crippen molar-refractivity contribution in [2.75, 3.05) is 6.54 Å². The normalized spacial score (nSPS) is 10.4. The first-order valence-corrected chi connectivity index (χ1v) is 8.85. The second-order valence-electron chi connectivity index (χ2n) is 6.31. The van der Waals surface area contributed by atoms with Crippen molar-refractivity contribution in [1.82, 2.24) is 10.3 Å². The molecule has 0 fully saturated rings. The lowest BCUT2D eigenvalue weighted by Gasteiger charge is -2.09. The number of carbonyl (C=O) groups is 1. The number of hydrogen-bond donors (Lipinski definition) is 2. The van der Waals surface area contributed by atoms with Crippen LogP contribution in [0.3, 0.4) is 0 Å². The molecule has 5 nitrogen and oxygen atoms in total. The van der Waals surface area contributed by atoms with Crippen LogP contribution >= 0.6 is 0 Å². The number of rotatable bonds is 7. The van der Waals surface area contributed by atoms with Crippen LogP contribution in [0, 0.1) is 6.92 Å². The highest BCUT2D eigenvalue weighted by Crippen LogP contribution is 2.15. The summed E-state index contributed by atoms with van der Waals surface area (Å²) >= 11 is 0. The summed E-state index contributed by atoms with van der Waals surface area (Å²) in [6.45, 7) is 2.72. The van der Waals surface area contributed by atoms with Crippen molar-refractivity contribution in [3.05, 3.63) is 99.5 Å². The van der Waals surface area contributed by atoms with Gasteiger partial charge in [-0.3, -0.25) is 9.59 Å². The van der Waals surface area contributed by atoms with Crippen LogP contribution < -0.4 is 15.6 Å². The molecule has 1 heterocycles. The maximum atomic E-state index is 12.1. The lowest BCUT2D eigenvalue weighted by atomic mass is 10.1. The molecule has 0 spiro atoms. The average molecular weight is 362 g/mol. The first kappa shape index (κ1) is 18.5. The summed E-state index contributed by atoms with van der Waals surface area (Å²) in [5, 5.41) is 2.79. The minimum Gasteiger partial charge on any atom is -0.489 e. The van der Waals surface area contributed by atoms with Crippen molar-refractivity contribution in [2.24, 2.45) is 0 Å². The van der Waals surface area contributed by atoms with Crippen molar-refractivity contribution in [3.63, 3.8) is 0 Å². The van der Waals surface area contributed by atoms with Gasteiger partial charge in [-0.1, -0.05) is 42.5 Å². The Morgan fingerprint density at radius 3 is 2.56 bits per heavy atom. The molecule has 1 amide bonds. The molecule has 2 aromatic carbocycles. The quantitative estimate of drug-likeness (QED) is 0.678. The van der Waals surface area contributed by atoms with E-state index in [0.29, 0.717) is 19.6 Å². The lowest BCUT2D eigenvalue weighted by Crippen LogP contribution is -2.31. The van der Waals surface area contributed by atoms with E-state index in [0.717, 1.165) is 22.6 Å². The highest BCUT2D eigenvalue weighted by molar-refractivity contribution is 5.93. The number of H-pyrrole nitrogens is 1. The predicted octanol–water partition coefficient (Wildman–Crippen LogP) is 3.23. The number of aromatic amines is 1. The smallest absolute Gasteiger partial charge is 0.260 e. The minimum absolute atomic E-state index is 0.126. The number of aryl methyl sites for hydroxylation is 1. The highest BCUT2D eigenvalue weighted by Gasteiger charge is 2.09. The monoisotopic (exact) mass is 362 g/mol. The Morgan fingerprint density at radius 2 is 1.78 bits per heavy atom. The Balaban J connectivity index is 1.52. The minimum atomic E-state index is -0.371. The maximum Gasteiger partial charge on any atom is 0.260 e. The van der Waals surface area contributed by atoms with Crippen LogP contribution in [0.25, 0.3) is 0 Å². The molecule has 0 unspecified atom stereocenters. The van der Waals surface area contributed by atoms with Crippen LogP contribution in [-0.4, -0.2) is 17.4 Å². The third-order valence-corrected chi connectivity index (χ3v) is 4.15. The van der Waals surface area contributed by atoms with E-state index in [1.807, 2.05) is 54.6 Å². The largest absolute Gasteiger partial charge is 0.489 e. The van der Waals surface area contributed by atoms with Gasteiger partial charge in [-0.15, -0.1) is 0 Å². The van der Waals surface area contributed by atoms with E-state index in [1.165, 1.54) is 0 Å². The Hall–Kier alpha value is -3.34. The van der Waals surface area contributed by atoms with Crippen LogP contribution in [0.1, 0.15) is 27.2 Å². The molecule has 0 radical (unpaired) electrons. The Labute approximate surface area is 158 Å². The van der Waals surface area contributed by atoms with Gasteiger partial charge in [-0.25, -0.2) is 0 Å². The standard InChI is InChI=1S/C22H22N2O3/c1-16-10-11-20(22(26)24-16)21(25)23-13-12-17-8-5-9-19(14-17)27-15-18-6-3-2-4-7-18/h2-11,14H,12-13,15H2,1H3,(H,23,25)(H,24,26). The van der Waals surface area contributed by atoms with E-state index in [1.54, 1.807) is 19.1 Å². The zero-order valence-corrected chi connectivity index (χ0v) is 15.2. The van der Waals surface area contributed by atoms with E-state index in [4.69, 9.17) is 4.74 Å². The Kier molecular flexibility index (Phi) is 6.05. The second kappa shape index (κ2) is 8.85. The van der Waals surface area contributed by atoms with Crippen LogP contribution in [0.5, 0.6) is 5.75 Å². The fraction of sp³-hybridized carbons (Fsp3) is 0.182. The van der Waals surface area contributed by atoms with Gasteiger partial charge in [0.25, 0.3) is 11.5 Å². The summed E-state index contributed by atoms with van der Waals surface area (Å²) < 4.78 is 5.82. The average Bonchev–Trinajstić information content (AvgIpc) is 2.67. The van der Waals surface area contributed by atoms with Crippen LogP contribution in [-0.2, 0) is 13.0 Å². The topological polar surface area (TPSA) is 71.2 Å². The second-order valence-corrected chi connectivity index (χ2v) is 6.31. The molecular formula is C22H22N2O3. The van der Waals surface area contributed by atoms with Gasteiger partial charge < -0.3 is 15.0 Å². The van der Waals surface area contributed by atoms with Gasteiger partial charge >= 0.3 is 0 Å². The summed E-state index contributed by atoms with van der Waals surface area (Å²) in [4.78, 5) is 26.6. The van der Waals surface area contributed by atoms with Crippen molar-refractivity contribution in [2.45, 2.75) is 20.0 Å². The molecule has 1 aromatic heterocycles. The number of aromatic nitrogens is 1. The van der Waals surface area contributed by atoms with Gasteiger partial charge in [-0.2, -0.15) is 0 Å². The fourth-order valence-corrected chi connectivity index (χ4v) is 2.70. The number of pyridine rings is 1. The van der Waals surface area contributed by atoms with E-state index >= 15 is 0 Å². The molecule has 0 aliphatic rings. The number of carbonyl (C=O) groups excluding carboxylic acids is 1. The number of ether oxygens (including phenoxy) is 1. The fourth-order valence-electron chi connectivity index (χ4n) is 2.70. The van der Waals surface area contributed by atoms with Crippen molar-refractivity contribution in [1.29, 1.82) is 0 Å². The van der Waals surface area contributed by atoms with Crippen LogP contribution in [0.2, 0.25) is 0 Å². The number of hydrogen-bond acceptors (Lipinski definition) is 3. The van der Waals surface area contributed by atoms with Crippen molar-refractivity contribution in [3.8, 4) is 5.75 Å². The third kappa shape index (κ3) is 5.31. The molecule has 0 atom stereocenters. The molecule has 0 bridgehead atoms. The third-order valence-electron chi connectivity index (χ3n) is 4.15. The number of nitrogens with one attached hydrogen (secondary N) is 2. The summed E-state index contributed by atoms with van der Waals surface area (Å²) in [7, 11) is 0. The van der Waals surface area contributed by atoms with Gasteiger partial charge in [0.2, 0.25) is 0 Å². The molecule has 0 saturated heterocycles. The van der Waals surface area contributed by atoms with Gasteiger partial charge in [0, 0.05) is 12.2 Å². The molecule has 3 aromatic rings. The molecule has 138 valence electrons. The molecule has 0 saturated carbocycles. The van der Waals surface area contributed by atoms with Gasteiger partial charge in [-0.05, 0) is 48.7 Å². The molecule has 5 heteroatoms. The SMILES string of the molecule is Cc1ccc(C(=O)NCCc2cccc(OCc3ccccc3)c2)c(=O)[nH]1. The number of amides is 1. The molecule has 2 N–H and O–H groups in total. The van der Waals surface area contributed by atoms with E-state index in [-0.39, 0.29) is 17.0 Å². The van der Waals surface area contributed by atoms with Crippen molar-refractivity contribution >= 4 is 5.91 Å². The zero-order valence-electron chi connectivity index (χ0n) is 15.2. The Bertz CT molecular complexity index is 965. The Morgan fingerprint density at radius 1 is 1.00 bits per heavy atom. The number of benzene rings is 2. The van der Waals surface area contributed by atoms with Gasteiger partial charge in [0.1, 0.15) is 17.9 Å². The molecule has 0 aliphatic carbocycles. The first-order chi connectivity index (χ1) is 13.1. The highest BCUT2D eigenvalue weighted by atomic mass is 16.5. The van der Waals surface area contributed by atoms with E-state index in [9.17, 15) is 9.59 Å². The summed E-state index contributed by atoms with van der Waals surface area (Å²) in [5.74, 6) is 0.422. The molecule has 3 rings (SSSR count). The summed E-state index contributed by atoms with van der Waals surface area (Å²) in [6.07, 6.45) is 0.651. The molecule has 0 aliphatic heterocycles. The maximum absolute atomic E-state index is 12.1. The van der Waals surface area contributed by atoms with Crippen LogP contribution in [0.15, 0.2) is 71.5 Å². The van der Waals surface area contributed by atoms with Gasteiger partial charge in [0.15, 0.2) is 0 Å². The first-order valence-electron chi connectivity index (χ1n) is 8.85. The lowest BCUT2D eigenvalue weighted by molar-refractivity contribution is 0.0952. The summed E-state index contributed by atoms with van der Waals surface area (Å²) in [6, 6.07) is 21.0.